The zero-order valence-electron chi connectivity index (χ0n) is 12.8. The third-order valence-electron chi connectivity index (χ3n) is 3.69. The number of halogens is 2. The SMILES string of the molecule is CCCCc1nnc2/c(=C\c3cc(Cl)c(O)c(Cl)c3)c(C)nn12. The summed E-state index contributed by atoms with van der Waals surface area (Å²) in [6.45, 7) is 4.06. The van der Waals surface area contributed by atoms with E-state index in [1.165, 1.54) is 0 Å². The minimum absolute atomic E-state index is 0.114. The van der Waals surface area contributed by atoms with E-state index in [2.05, 4.69) is 22.2 Å². The van der Waals surface area contributed by atoms with Gasteiger partial charge in [0.1, 0.15) is 0 Å². The van der Waals surface area contributed by atoms with E-state index in [-0.39, 0.29) is 15.8 Å². The van der Waals surface area contributed by atoms with Gasteiger partial charge in [0, 0.05) is 11.6 Å². The van der Waals surface area contributed by atoms with Gasteiger partial charge in [-0.05, 0) is 37.1 Å². The van der Waals surface area contributed by atoms with E-state index in [4.69, 9.17) is 23.2 Å². The number of hydrogen-bond acceptors (Lipinski definition) is 4. The molecular weight excluding hydrogens is 335 g/mol. The van der Waals surface area contributed by atoms with Crippen LogP contribution >= 0.6 is 23.2 Å². The molecule has 7 heteroatoms. The topological polar surface area (TPSA) is 63.3 Å². The molecule has 5 nitrogen and oxygen atoms in total. The molecule has 0 aliphatic carbocycles. The number of phenolic OH excluding ortho intramolecular Hbond substituents is 1. The average Bonchev–Trinajstić information content (AvgIpc) is 3.03. The predicted molar refractivity (Wildman–Crippen MR) is 91.0 cm³/mol. The van der Waals surface area contributed by atoms with Gasteiger partial charge in [0.15, 0.2) is 17.2 Å². The summed E-state index contributed by atoms with van der Waals surface area (Å²) in [5.41, 5.74) is 2.34. The fourth-order valence-corrected chi connectivity index (χ4v) is 2.95. The van der Waals surface area contributed by atoms with Crippen LogP contribution in [0, 0.1) is 6.92 Å². The molecule has 0 bridgehead atoms. The first-order valence-corrected chi connectivity index (χ1v) is 8.17. The predicted octanol–water partition coefficient (Wildman–Crippen LogP) is 3.34. The summed E-state index contributed by atoms with van der Waals surface area (Å²) in [5, 5.41) is 24.0. The number of aryl methyl sites for hydroxylation is 2. The quantitative estimate of drug-likeness (QED) is 0.783. The molecule has 0 fully saturated rings. The van der Waals surface area contributed by atoms with Crippen molar-refractivity contribution in [3.8, 4) is 5.75 Å². The van der Waals surface area contributed by atoms with Gasteiger partial charge in [-0.3, -0.25) is 0 Å². The van der Waals surface area contributed by atoms with Gasteiger partial charge in [-0.15, -0.1) is 10.2 Å². The molecular formula is C16H16Cl2N4O. The van der Waals surface area contributed by atoms with Crippen LogP contribution in [0.2, 0.25) is 10.0 Å². The fourth-order valence-electron chi connectivity index (χ4n) is 2.45. The van der Waals surface area contributed by atoms with Crippen molar-refractivity contribution in [2.24, 2.45) is 0 Å². The van der Waals surface area contributed by atoms with Crippen molar-refractivity contribution >= 4 is 34.9 Å². The van der Waals surface area contributed by atoms with Crippen LogP contribution in [-0.4, -0.2) is 24.9 Å². The van der Waals surface area contributed by atoms with Crippen molar-refractivity contribution in [1.82, 2.24) is 19.8 Å². The van der Waals surface area contributed by atoms with E-state index in [9.17, 15) is 5.11 Å². The second kappa shape index (κ2) is 6.34. The molecule has 0 spiro atoms. The van der Waals surface area contributed by atoms with Gasteiger partial charge >= 0.3 is 0 Å². The first-order chi connectivity index (χ1) is 11.0. The van der Waals surface area contributed by atoms with Crippen molar-refractivity contribution in [1.29, 1.82) is 0 Å². The van der Waals surface area contributed by atoms with Crippen LogP contribution in [0.25, 0.3) is 11.7 Å². The lowest BCUT2D eigenvalue weighted by atomic mass is 10.1. The van der Waals surface area contributed by atoms with Crippen LogP contribution in [0.15, 0.2) is 12.1 Å². The van der Waals surface area contributed by atoms with Crippen molar-refractivity contribution in [3.05, 3.63) is 44.5 Å². The lowest BCUT2D eigenvalue weighted by molar-refractivity contribution is 0.476. The second-order valence-corrected chi connectivity index (χ2v) is 6.25. The largest absolute Gasteiger partial charge is 0.505 e. The molecule has 1 aromatic carbocycles. The van der Waals surface area contributed by atoms with Gasteiger partial charge in [0.25, 0.3) is 0 Å². The van der Waals surface area contributed by atoms with E-state index in [0.717, 1.165) is 41.6 Å². The molecule has 2 heterocycles. The van der Waals surface area contributed by atoms with Crippen LogP contribution in [0.3, 0.4) is 0 Å². The lowest BCUT2D eigenvalue weighted by Crippen LogP contribution is -2.03. The molecule has 0 saturated heterocycles. The van der Waals surface area contributed by atoms with Crippen LogP contribution in [0.1, 0.15) is 36.8 Å². The van der Waals surface area contributed by atoms with Crippen molar-refractivity contribution < 1.29 is 5.11 Å². The van der Waals surface area contributed by atoms with Crippen LogP contribution < -0.4 is 5.22 Å². The van der Waals surface area contributed by atoms with E-state index >= 15 is 0 Å². The monoisotopic (exact) mass is 350 g/mol. The van der Waals surface area contributed by atoms with Gasteiger partial charge in [0.05, 0.1) is 15.7 Å². The minimum atomic E-state index is -0.114. The highest BCUT2D eigenvalue weighted by atomic mass is 35.5. The highest BCUT2D eigenvalue weighted by Gasteiger charge is 2.12. The molecule has 0 aliphatic heterocycles. The molecule has 0 radical (unpaired) electrons. The molecule has 1 N–H and O–H groups in total. The maximum atomic E-state index is 9.65. The van der Waals surface area contributed by atoms with Gasteiger partial charge in [-0.25, -0.2) is 0 Å². The summed E-state index contributed by atoms with van der Waals surface area (Å²) in [5.74, 6) is 0.753. The van der Waals surface area contributed by atoms with E-state index in [1.54, 1.807) is 16.6 Å². The zero-order chi connectivity index (χ0) is 16.6. The third kappa shape index (κ3) is 2.99. The molecule has 0 amide bonds. The number of hydrogen-bond donors (Lipinski definition) is 1. The van der Waals surface area contributed by atoms with Crippen molar-refractivity contribution in [3.63, 3.8) is 0 Å². The Balaban J connectivity index is 2.12. The Morgan fingerprint density at radius 1 is 1.22 bits per heavy atom. The normalized spacial score (nSPS) is 12.4. The van der Waals surface area contributed by atoms with Gasteiger partial charge in [-0.1, -0.05) is 36.5 Å². The molecule has 2 aromatic heterocycles. The Morgan fingerprint density at radius 2 is 1.91 bits per heavy atom. The third-order valence-corrected chi connectivity index (χ3v) is 4.27. The maximum absolute atomic E-state index is 9.65. The number of aromatic nitrogens is 4. The van der Waals surface area contributed by atoms with Gasteiger partial charge in [-0.2, -0.15) is 9.61 Å². The first-order valence-electron chi connectivity index (χ1n) is 7.41. The summed E-state index contributed by atoms with van der Waals surface area (Å²) in [7, 11) is 0. The van der Waals surface area contributed by atoms with Crippen molar-refractivity contribution in [2.45, 2.75) is 33.1 Å². The number of fused-ring (bicyclic) bond motifs is 1. The summed E-state index contributed by atoms with van der Waals surface area (Å²) < 4.78 is 1.79. The van der Waals surface area contributed by atoms with Crippen molar-refractivity contribution in [2.75, 3.05) is 0 Å². The van der Waals surface area contributed by atoms with Gasteiger partial charge in [0.2, 0.25) is 0 Å². The Labute approximate surface area is 143 Å². The highest BCUT2D eigenvalue weighted by Crippen LogP contribution is 2.32. The number of rotatable bonds is 4. The molecule has 3 aromatic rings. The summed E-state index contributed by atoms with van der Waals surface area (Å²) in [6, 6.07) is 3.31. The Morgan fingerprint density at radius 3 is 2.57 bits per heavy atom. The Kier molecular flexibility index (Phi) is 4.41. The number of unbranched alkanes of at least 4 members (excludes halogenated alkanes) is 1. The first kappa shape index (κ1) is 16.0. The summed E-state index contributed by atoms with van der Waals surface area (Å²) >= 11 is 12.0. The Hall–Kier alpha value is -1.85. The molecule has 0 saturated carbocycles. The van der Waals surface area contributed by atoms with E-state index in [1.807, 2.05) is 13.0 Å². The van der Waals surface area contributed by atoms with Crippen LogP contribution in [0.4, 0.5) is 0 Å². The number of phenols is 1. The van der Waals surface area contributed by atoms with Crippen LogP contribution in [0.5, 0.6) is 5.75 Å². The van der Waals surface area contributed by atoms with Crippen LogP contribution in [-0.2, 0) is 6.42 Å². The zero-order valence-corrected chi connectivity index (χ0v) is 14.4. The lowest BCUT2D eigenvalue weighted by Gasteiger charge is -2.01. The second-order valence-electron chi connectivity index (χ2n) is 5.43. The summed E-state index contributed by atoms with van der Waals surface area (Å²) in [4.78, 5) is 0. The molecule has 0 atom stereocenters. The Bertz CT molecular complexity index is 897. The maximum Gasteiger partial charge on any atom is 0.186 e. The molecule has 23 heavy (non-hydrogen) atoms. The summed E-state index contributed by atoms with van der Waals surface area (Å²) in [6.07, 6.45) is 4.89. The number of aromatic hydroxyl groups is 1. The van der Waals surface area contributed by atoms with E-state index in [0.29, 0.717) is 5.65 Å². The average molecular weight is 351 g/mol. The molecule has 0 unspecified atom stereocenters. The molecule has 3 rings (SSSR count). The highest BCUT2D eigenvalue weighted by molar-refractivity contribution is 6.37. The number of benzene rings is 1. The minimum Gasteiger partial charge on any atom is -0.505 e. The standard InChI is InChI=1S/C16H16Cl2N4O/c1-3-4-5-14-19-20-16-11(9(2)21-22(14)16)6-10-7-12(17)15(23)13(18)8-10/h6-8,23H,3-5H2,1-2H3/b11-6-. The molecule has 0 aliphatic rings. The smallest absolute Gasteiger partial charge is 0.186 e. The number of nitrogens with zero attached hydrogens (tertiary/aromatic N) is 4. The fraction of sp³-hybridized carbons (Fsp3) is 0.312. The van der Waals surface area contributed by atoms with E-state index < -0.39 is 0 Å². The van der Waals surface area contributed by atoms with Gasteiger partial charge < -0.3 is 5.11 Å². The molecule has 120 valence electrons.